The number of benzene rings is 1. The molecule has 0 bridgehead atoms. The fourth-order valence-corrected chi connectivity index (χ4v) is 1.85. The van der Waals surface area contributed by atoms with Crippen LogP contribution in [0.15, 0.2) is 45.5 Å². The van der Waals surface area contributed by atoms with Crippen LogP contribution in [0.4, 0.5) is 0 Å². The maximum atomic E-state index is 6.04. The molecule has 102 valence electrons. The van der Waals surface area contributed by atoms with Crippen molar-refractivity contribution in [2.24, 2.45) is 0 Å². The Morgan fingerprint density at radius 2 is 2.20 bits per heavy atom. The number of hydrogen-bond donors (Lipinski definition) is 0. The topological polar surface area (TPSA) is 61.3 Å². The zero-order valence-corrected chi connectivity index (χ0v) is 11.4. The molecule has 0 saturated carbocycles. The standard InChI is InChI=1S/C14H11ClN2O3/c1-9-4-5-10(15)12(7-9)19-8-13-16-14(17-20-13)11-3-2-6-18-11/h2-7H,8H2,1H3. The molecule has 0 radical (unpaired) electrons. The summed E-state index contributed by atoms with van der Waals surface area (Å²) in [5.41, 5.74) is 1.06. The Labute approximate surface area is 120 Å². The second-order valence-corrected chi connectivity index (χ2v) is 4.62. The lowest BCUT2D eigenvalue weighted by atomic mass is 10.2. The second-order valence-electron chi connectivity index (χ2n) is 4.21. The monoisotopic (exact) mass is 290 g/mol. The Morgan fingerprint density at radius 3 is 3.00 bits per heavy atom. The van der Waals surface area contributed by atoms with Crippen molar-refractivity contribution in [3.63, 3.8) is 0 Å². The first kappa shape index (κ1) is 12.7. The maximum absolute atomic E-state index is 6.04. The van der Waals surface area contributed by atoms with Crippen molar-refractivity contribution in [3.8, 4) is 17.3 Å². The van der Waals surface area contributed by atoms with Gasteiger partial charge in [-0.15, -0.1) is 0 Å². The first-order valence-electron chi connectivity index (χ1n) is 5.98. The Morgan fingerprint density at radius 1 is 1.30 bits per heavy atom. The molecule has 3 aromatic rings. The molecule has 0 N–H and O–H groups in total. The van der Waals surface area contributed by atoms with Crippen LogP contribution in [0, 0.1) is 6.92 Å². The van der Waals surface area contributed by atoms with Gasteiger partial charge in [0.05, 0.1) is 11.3 Å². The number of furan rings is 1. The number of halogens is 1. The van der Waals surface area contributed by atoms with Crippen LogP contribution in [-0.2, 0) is 6.61 Å². The van der Waals surface area contributed by atoms with Crippen molar-refractivity contribution in [3.05, 3.63) is 53.1 Å². The molecule has 0 aliphatic heterocycles. The first-order valence-corrected chi connectivity index (χ1v) is 6.35. The molecule has 0 aliphatic rings. The molecule has 0 fully saturated rings. The van der Waals surface area contributed by atoms with Crippen LogP contribution in [0.3, 0.4) is 0 Å². The van der Waals surface area contributed by atoms with E-state index in [1.54, 1.807) is 24.5 Å². The Hall–Kier alpha value is -2.27. The van der Waals surface area contributed by atoms with Gasteiger partial charge in [0.25, 0.3) is 5.89 Å². The van der Waals surface area contributed by atoms with Crippen molar-refractivity contribution in [2.45, 2.75) is 13.5 Å². The molecule has 0 saturated heterocycles. The maximum Gasteiger partial charge on any atom is 0.264 e. The number of nitrogens with zero attached hydrogens (tertiary/aromatic N) is 2. The molecule has 0 unspecified atom stereocenters. The smallest absolute Gasteiger partial charge is 0.264 e. The lowest BCUT2D eigenvalue weighted by molar-refractivity contribution is 0.243. The second kappa shape index (κ2) is 5.38. The SMILES string of the molecule is Cc1ccc(Cl)c(OCc2nc(-c3ccco3)no2)c1. The van der Waals surface area contributed by atoms with Crippen LogP contribution in [-0.4, -0.2) is 10.1 Å². The van der Waals surface area contributed by atoms with Crippen LogP contribution < -0.4 is 4.74 Å². The van der Waals surface area contributed by atoms with E-state index in [1.807, 2.05) is 19.1 Å². The highest BCUT2D eigenvalue weighted by molar-refractivity contribution is 6.32. The fourth-order valence-electron chi connectivity index (χ4n) is 1.68. The van der Waals surface area contributed by atoms with Crippen molar-refractivity contribution < 1.29 is 13.7 Å². The number of hydrogen-bond acceptors (Lipinski definition) is 5. The third-order valence-electron chi connectivity index (χ3n) is 2.65. The van der Waals surface area contributed by atoms with E-state index >= 15 is 0 Å². The molecule has 6 heteroatoms. The van der Waals surface area contributed by atoms with E-state index in [0.717, 1.165) is 5.56 Å². The van der Waals surface area contributed by atoms with Crippen LogP contribution in [0.25, 0.3) is 11.6 Å². The molecule has 2 aromatic heterocycles. The van der Waals surface area contributed by atoms with Gasteiger partial charge in [0, 0.05) is 0 Å². The quantitative estimate of drug-likeness (QED) is 0.730. The zero-order chi connectivity index (χ0) is 13.9. The molecule has 0 spiro atoms. The van der Waals surface area contributed by atoms with Crippen molar-refractivity contribution in [1.29, 1.82) is 0 Å². The van der Waals surface area contributed by atoms with Gasteiger partial charge in [-0.1, -0.05) is 22.8 Å². The lowest BCUT2D eigenvalue weighted by Gasteiger charge is -2.06. The predicted octanol–water partition coefficient (Wildman–Crippen LogP) is 3.87. The minimum atomic E-state index is 0.150. The van der Waals surface area contributed by atoms with Crippen LogP contribution in [0.2, 0.25) is 5.02 Å². The highest BCUT2D eigenvalue weighted by Crippen LogP contribution is 2.26. The summed E-state index contributed by atoms with van der Waals surface area (Å²) in [7, 11) is 0. The van der Waals surface area contributed by atoms with E-state index in [9.17, 15) is 0 Å². The molecular formula is C14H11ClN2O3. The third kappa shape index (κ3) is 2.67. The van der Waals surface area contributed by atoms with Gasteiger partial charge in [-0.3, -0.25) is 0 Å². The molecule has 0 atom stereocenters. The van der Waals surface area contributed by atoms with Crippen molar-refractivity contribution in [2.75, 3.05) is 0 Å². The van der Waals surface area contributed by atoms with Gasteiger partial charge < -0.3 is 13.7 Å². The summed E-state index contributed by atoms with van der Waals surface area (Å²) in [6.07, 6.45) is 1.55. The fraction of sp³-hybridized carbons (Fsp3) is 0.143. The molecule has 0 amide bonds. The van der Waals surface area contributed by atoms with Crippen LogP contribution in [0.5, 0.6) is 5.75 Å². The number of ether oxygens (including phenoxy) is 1. The van der Waals surface area contributed by atoms with Crippen LogP contribution in [0.1, 0.15) is 11.5 Å². The third-order valence-corrected chi connectivity index (χ3v) is 2.96. The van der Waals surface area contributed by atoms with E-state index in [0.29, 0.717) is 28.2 Å². The minimum absolute atomic E-state index is 0.150. The molecule has 0 aliphatic carbocycles. The summed E-state index contributed by atoms with van der Waals surface area (Å²) < 4.78 is 15.9. The molecule has 5 nitrogen and oxygen atoms in total. The summed E-state index contributed by atoms with van der Waals surface area (Å²) in [6, 6.07) is 9.07. The minimum Gasteiger partial charge on any atom is -0.482 e. The number of aryl methyl sites for hydroxylation is 1. The van der Waals surface area contributed by atoms with Gasteiger partial charge in [-0.05, 0) is 36.8 Å². The van der Waals surface area contributed by atoms with E-state index < -0.39 is 0 Å². The van der Waals surface area contributed by atoms with Gasteiger partial charge in [0.2, 0.25) is 5.82 Å². The number of aromatic nitrogens is 2. The summed E-state index contributed by atoms with van der Waals surface area (Å²) in [5, 5.41) is 4.36. The molecule has 3 rings (SSSR count). The first-order chi connectivity index (χ1) is 9.72. The highest BCUT2D eigenvalue weighted by atomic mass is 35.5. The van der Waals surface area contributed by atoms with Gasteiger partial charge in [-0.25, -0.2) is 0 Å². The summed E-state index contributed by atoms with van der Waals surface area (Å²) in [5.74, 6) is 1.89. The van der Waals surface area contributed by atoms with Crippen LogP contribution >= 0.6 is 11.6 Å². The van der Waals surface area contributed by atoms with E-state index in [-0.39, 0.29) is 6.61 Å². The largest absolute Gasteiger partial charge is 0.482 e. The lowest BCUT2D eigenvalue weighted by Crippen LogP contribution is -1.96. The average Bonchev–Trinajstić information content (AvgIpc) is 3.09. The van der Waals surface area contributed by atoms with E-state index in [2.05, 4.69) is 10.1 Å². The van der Waals surface area contributed by atoms with Gasteiger partial charge in [0.15, 0.2) is 12.4 Å². The number of rotatable bonds is 4. The van der Waals surface area contributed by atoms with Crippen molar-refractivity contribution in [1.82, 2.24) is 10.1 Å². The van der Waals surface area contributed by atoms with E-state index in [4.69, 9.17) is 25.3 Å². The molecule has 20 heavy (non-hydrogen) atoms. The van der Waals surface area contributed by atoms with E-state index in [1.165, 1.54) is 0 Å². The molecule has 1 aromatic carbocycles. The van der Waals surface area contributed by atoms with Crippen molar-refractivity contribution >= 4 is 11.6 Å². The Balaban J connectivity index is 1.71. The van der Waals surface area contributed by atoms with Gasteiger partial charge >= 0.3 is 0 Å². The van der Waals surface area contributed by atoms with Gasteiger partial charge in [0.1, 0.15) is 5.75 Å². The Bertz CT molecular complexity index is 707. The molecular weight excluding hydrogens is 280 g/mol. The Kier molecular flexibility index (Phi) is 3.43. The highest BCUT2D eigenvalue weighted by Gasteiger charge is 2.12. The normalized spacial score (nSPS) is 10.7. The molecule has 2 heterocycles. The average molecular weight is 291 g/mol. The predicted molar refractivity (Wildman–Crippen MR) is 72.5 cm³/mol. The van der Waals surface area contributed by atoms with Gasteiger partial charge in [-0.2, -0.15) is 4.98 Å². The summed E-state index contributed by atoms with van der Waals surface area (Å²) >= 11 is 6.04. The zero-order valence-electron chi connectivity index (χ0n) is 10.7. The summed E-state index contributed by atoms with van der Waals surface area (Å²) in [4.78, 5) is 4.18. The summed E-state index contributed by atoms with van der Waals surface area (Å²) in [6.45, 7) is 2.11.